The van der Waals surface area contributed by atoms with Crippen molar-refractivity contribution < 1.29 is 9.47 Å². The molecule has 0 radical (unpaired) electrons. The van der Waals surface area contributed by atoms with Gasteiger partial charge in [-0.3, -0.25) is 0 Å². The van der Waals surface area contributed by atoms with Gasteiger partial charge in [-0.25, -0.2) is 0 Å². The fourth-order valence-electron chi connectivity index (χ4n) is 1.07. The Morgan fingerprint density at radius 1 is 1.36 bits per heavy atom. The van der Waals surface area contributed by atoms with E-state index in [1.165, 1.54) is 0 Å². The zero-order chi connectivity index (χ0) is 10.7. The molecule has 0 saturated heterocycles. The van der Waals surface area contributed by atoms with Crippen LogP contribution in [0.15, 0.2) is 16.6 Å². The summed E-state index contributed by atoms with van der Waals surface area (Å²) in [5.41, 5.74) is 0. The highest BCUT2D eigenvalue weighted by Gasteiger charge is 2.09. The van der Waals surface area contributed by atoms with Crippen LogP contribution >= 0.6 is 27.5 Å². The highest BCUT2D eigenvalue weighted by molar-refractivity contribution is 9.10. The molecule has 0 aliphatic carbocycles. The minimum atomic E-state index is 0.131. The highest BCUT2D eigenvalue weighted by atomic mass is 79.9. The smallest absolute Gasteiger partial charge is 0.151 e. The Labute approximate surface area is 97.3 Å². The van der Waals surface area contributed by atoms with Gasteiger partial charge in [-0.15, -0.1) is 0 Å². The van der Waals surface area contributed by atoms with Gasteiger partial charge < -0.3 is 9.47 Å². The Morgan fingerprint density at radius 2 is 2.00 bits per heavy atom. The number of methoxy groups -OCH3 is 1. The first-order valence-corrected chi connectivity index (χ1v) is 5.41. The second kappa shape index (κ2) is 4.89. The van der Waals surface area contributed by atoms with Crippen LogP contribution < -0.4 is 9.47 Å². The van der Waals surface area contributed by atoms with Gasteiger partial charge in [0.1, 0.15) is 5.75 Å². The molecule has 0 saturated carbocycles. The summed E-state index contributed by atoms with van der Waals surface area (Å²) in [7, 11) is 1.58. The van der Waals surface area contributed by atoms with E-state index < -0.39 is 0 Å². The second-order valence-electron chi connectivity index (χ2n) is 3.09. The summed E-state index contributed by atoms with van der Waals surface area (Å²) in [6, 6.07) is 3.58. The minimum absolute atomic E-state index is 0.131. The van der Waals surface area contributed by atoms with E-state index in [1.54, 1.807) is 13.2 Å². The van der Waals surface area contributed by atoms with Gasteiger partial charge in [-0.05, 0) is 35.8 Å². The van der Waals surface area contributed by atoms with Gasteiger partial charge in [0.2, 0.25) is 0 Å². The van der Waals surface area contributed by atoms with Gasteiger partial charge in [0, 0.05) is 6.07 Å². The second-order valence-corrected chi connectivity index (χ2v) is 4.35. The average molecular weight is 280 g/mol. The van der Waals surface area contributed by atoms with Crippen LogP contribution in [0.5, 0.6) is 11.5 Å². The van der Waals surface area contributed by atoms with E-state index in [2.05, 4.69) is 15.9 Å². The molecule has 1 aromatic rings. The molecule has 0 heterocycles. The minimum Gasteiger partial charge on any atom is -0.494 e. The van der Waals surface area contributed by atoms with Crippen molar-refractivity contribution in [2.45, 2.75) is 20.0 Å². The van der Waals surface area contributed by atoms with Gasteiger partial charge in [0.15, 0.2) is 5.75 Å². The van der Waals surface area contributed by atoms with Crippen molar-refractivity contribution in [3.05, 3.63) is 21.6 Å². The van der Waals surface area contributed by atoms with Crippen molar-refractivity contribution in [2.24, 2.45) is 0 Å². The Hall–Kier alpha value is -0.410. The predicted molar refractivity (Wildman–Crippen MR) is 61.5 cm³/mol. The van der Waals surface area contributed by atoms with E-state index in [9.17, 15) is 0 Å². The molecule has 78 valence electrons. The molecule has 0 aliphatic heterocycles. The summed E-state index contributed by atoms with van der Waals surface area (Å²) in [6.45, 7) is 3.93. The van der Waals surface area contributed by atoms with E-state index in [0.29, 0.717) is 10.8 Å². The maximum absolute atomic E-state index is 5.98. The van der Waals surface area contributed by atoms with Crippen molar-refractivity contribution in [1.29, 1.82) is 0 Å². The molecular weight excluding hydrogens is 267 g/mol. The van der Waals surface area contributed by atoms with Gasteiger partial charge in [-0.2, -0.15) is 0 Å². The standard InChI is InChI=1S/C10H12BrClO2/c1-6(2)14-7-4-8(11)10(13-3)9(12)5-7/h4-6H,1-3H3. The Kier molecular flexibility index (Phi) is 4.08. The molecule has 14 heavy (non-hydrogen) atoms. The van der Waals surface area contributed by atoms with Gasteiger partial charge in [-0.1, -0.05) is 11.6 Å². The molecule has 0 spiro atoms. The first-order chi connectivity index (χ1) is 6.54. The van der Waals surface area contributed by atoms with Gasteiger partial charge in [0.05, 0.1) is 22.7 Å². The van der Waals surface area contributed by atoms with Gasteiger partial charge in [0.25, 0.3) is 0 Å². The van der Waals surface area contributed by atoms with Crippen molar-refractivity contribution in [2.75, 3.05) is 7.11 Å². The zero-order valence-corrected chi connectivity index (χ0v) is 10.6. The van der Waals surface area contributed by atoms with E-state index in [-0.39, 0.29) is 6.10 Å². The van der Waals surface area contributed by atoms with Crippen LogP contribution in [-0.4, -0.2) is 13.2 Å². The van der Waals surface area contributed by atoms with E-state index in [1.807, 2.05) is 19.9 Å². The third-order valence-electron chi connectivity index (χ3n) is 1.55. The maximum Gasteiger partial charge on any atom is 0.151 e. The Morgan fingerprint density at radius 3 is 2.43 bits per heavy atom. The van der Waals surface area contributed by atoms with Crippen LogP contribution in [0.3, 0.4) is 0 Å². The average Bonchev–Trinajstić information content (AvgIpc) is 2.01. The summed E-state index contributed by atoms with van der Waals surface area (Å²) in [6.07, 6.45) is 0.131. The number of hydrogen-bond acceptors (Lipinski definition) is 2. The molecule has 2 nitrogen and oxygen atoms in total. The third kappa shape index (κ3) is 2.79. The molecule has 0 fully saturated rings. The van der Waals surface area contributed by atoms with E-state index >= 15 is 0 Å². The quantitative estimate of drug-likeness (QED) is 0.835. The molecule has 0 bridgehead atoms. The lowest BCUT2D eigenvalue weighted by atomic mass is 10.3. The lowest BCUT2D eigenvalue weighted by Crippen LogP contribution is -2.05. The molecule has 1 rings (SSSR count). The van der Waals surface area contributed by atoms with Crippen LogP contribution in [0.2, 0.25) is 5.02 Å². The van der Waals surface area contributed by atoms with Crippen LogP contribution in [0.1, 0.15) is 13.8 Å². The van der Waals surface area contributed by atoms with Crippen LogP contribution in [0.25, 0.3) is 0 Å². The summed E-state index contributed by atoms with van der Waals surface area (Å²) in [5, 5.41) is 0.539. The molecule has 0 amide bonds. The maximum atomic E-state index is 5.98. The fraction of sp³-hybridized carbons (Fsp3) is 0.400. The fourth-order valence-corrected chi connectivity index (χ4v) is 2.07. The molecule has 0 aliphatic rings. The van der Waals surface area contributed by atoms with E-state index in [0.717, 1.165) is 10.2 Å². The lowest BCUT2D eigenvalue weighted by Gasteiger charge is -2.12. The number of rotatable bonds is 3. The lowest BCUT2D eigenvalue weighted by molar-refractivity contribution is 0.242. The number of halogens is 2. The van der Waals surface area contributed by atoms with Crippen molar-refractivity contribution in [3.8, 4) is 11.5 Å². The van der Waals surface area contributed by atoms with E-state index in [4.69, 9.17) is 21.1 Å². The predicted octanol–water partition coefficient (Wildman–Crippen LogP) is 3.90. The molecule has 4 heteroatoms. The first kappa shape index (κ1) is 11.7. The first-order valence-electron chi connectivity index (χ1n) is 4.24. The highest BCUT2D eigenvalue weighted by Crippen LogP contribution is 2.36. The Bertz CT molecular complexity index is 303. The monoisotopic (exact) mass is 278 g/mol. The SMILES string of the molecule is COc1c(Cl)cc(OC(C)C)cc1Br. The molecule has 0 N–H and O–H groups in total. The number of ether oxygens (including phenoxy) is 2. The molecule has 0 aromatic heterocycles. The van der Waals surface area contributed by atoms with Gasteiger partial charge >= 0.3 is 0 Å². The number of benzene rings is 1. The Balaban J connectivity index is 3.01. The summed E-state index contributed by atoms with van der Waals surface area (Å²) in [4.78, 5) is 0. The van der Waals surface area contributed by atoms with Crippen molar-refractivity contribution >= 4 is 27.5 Å². The molecular formula is C10H12BrClO2. The van der Waals surface area contributed by atoms with Crippen molar-refractivity contribution in [1.82, 2.24) is 0 Å². The summed E-state index contributed by atoms with van der Waals surface area (Å²) < 4.78 is 11.4. The van der Waals surface area contributed by atoms with Crippen molar-refractivity contribution in [3.63, 3.8) is 0 Å². The molecule has 0 atom stereocenters. The summed E-state index contributed by atoms with van der Waals surface area (Å²) >= 11 is 9.34. The third-order valence-corrected chi connectivity index (χ3v) is 2.42. The van der Waals surface area contributed by atoms with Crippen LogP contribution in [0.4, 0.5) is 0 Å². The van der Waals surface area contributed by atoms with Crippen LogP contribution in [0, 0.1) is 0 Å². The molecule has 1 aromatic carbocycles. The normalized spacial score (nSPS) is 10.4. The number of hydrogen-bond donors (Lipinski definition) is 0. The largest absolute Gasteiger partial charge is 0.494 e. The molecule has 0 unspecified atom stereocenters. The topological polar surface area (TPSA) is 18.5 Å². The van der Waals surface area contributed by atoms with Crippen LogP contribution in [-0.2, 0) is 0 Å². The summed E-state index contributed by atoms with van der Waals surface area (Å²) in [5.74, 6) is 1.36. The zero-order valence-electron chi connectivity index (χ0n) is 8.30.